The molecule has 1 amide bonds. The van der Waals surface area contributed by atoms with Crippen LogP contribution in [-0.2, 0) is 11.2 Å². The molecule has 0 saturated carbocycles. The Morgan fingerprint density at radius 1 is 1.13 bits per heavy atom. The van der Waals surface area contributed by atoms with E-state index in [1.165, 1.54) is 12.1 Å². The van der Waals surface area contributed by atoms with Gasteiger partial charge < -0.3 is 14.3 Å². The highest BCUT2D eigenvalue weighted by atomic mass is 16.6. The molecule has 1 fully saturated rings. The summed E-state index contributed by atoms with van der Waals surface area (Å²) >= 11 is 0. The molecule has 0 aliphatic carbocycles. The minimum absolute atomic E-state index is 0.0412. The van der Waals surface area contributed by atoms with Crippen molar-refractivity contribution in [2.45, 2.75) is 12.8 Å². The topological polar surface area (TPSA) is 118 Å². The number of carbonyl (C=O) groups is 1. The van der Waals surface area contributed by atoms with E-state index in [0.29, 0.717) is 50.7 Å². The van der Waals surface area contributed by atoms with E-state index in [0.717, 1.165) is 11.3 Å². The summed E-state index contributed by atoms with van der Waals surface area (Å²) in [6.07, 6.45) is 4.01. The molecule has 0 bridgehead atoms. The van der Waals surface area contributed by atoms with Crippen LogP contribution < -0.4 is 4.90 Å². The number of hydrogen-bond acceptors (Lipinski definition) is 8. The number of pyridine rings is 1. The lowest BCUT2D eigenvalue weighted by molar-refractivity contribution is -0.384. The highest BCUT2D eigenvalue weighted by molar-refractivity contribution is 5.76. The Labute approximate surface area is 172 Å². The molecular formula is C20H20N6O4. The predicted octanol–water partition coefficient (Wildman–Crippen LogP) is 2.32. The molecule has 0 spiro atoms. The first kappa shape index (κ1) is 19.5. The molecule has 0 radical (unpaired) electrons. The standard InChI is InChI=1S/C20H20N6O4/c27-19(8-7-18-22-20(23-30-18)15-2-1-9-21-14-15)25-12-10-24(11-13-25)16-3-5-17(6-4-16)26(28)29/h1-6,9,14H,7-8,10-13H2. The molecule has 1 aromatic carbocycles. The SMILES string of the molecule is O=C(CCc1nc(-c2cccnc2)no1)N1CCN(c2ccc([N+](=O)[O-])cc2)CC1. The van der Waals surface area contributed by atoms with Crippen LogP contribution in [0.15, 0.2) is 53.3 Å². The number of nitro benzene ring substituents is 1. The third kappa shape index (κ3) is 4.43. The van der Waals surface area contributed by atoms with E-state index in [1.807, 2.05) is 11.0 Å². The normalized spacial score (nSPS) is 14.0. The number of anilines is 1. The van der Waals surface area contributed by atoms with Gasteiger partial charge in [-0.1, -0.05) is 5.16 Å². The maximum Gasteiger partial charge on any atom is 0.269 e. The molecule has 0 N–H and O–H groups in total. The molecule has 1 aliphatic rings. The Balaban J connectivity index is 1.26. The number of aromatic nitrogens is 3. The van der Waals surface area contributed by atoms with Crippen LogP contribution in [0.5, 0.6) is 0 Å². The number of aryl methyl sites for hydroxylation is 1. The maximum atomic E-state index is 12.5. The zero-order chi connectivity index (χ0) is 20.9. The number of hydrogen-bond donors (Lipinski definition) is 0. The molecular weight excluding hydrogens is 388 g/mol. The summed E-state index contributed by atoms with van der Waals surface area (Å²) in [6, 6.07) is 10.1. The van der Waals surface area contributed by atoms with Crippen LogP contribution in [0.3, 0.4) is 0 Å². The number of rotatable bonds is 6. The largest absolute Gasteiger partial charge is 0.368 e. The number of nitro groups is 1. The Morgan fingerprint density at radius 2 is 1.90 bits per heavy atom. The molecule has 154 valence electrons. The average Bonchev–Trinajstić information content (AvgIpc) is 3.27. The lowest BCUT2D eigenvalue weighted by Crippen LogP contribution is -2.48. The quantitative estimate of drug-likeness (QED) is 0.450. The van der Waals surface area contributed by atoms with Crippen LogP contribution in [0.4, 0.5) is 11.4 Å². The van der Waals surface area contributed by atoms with Gasteiger partial charge in [0, 0.05) is 74.8 Å². The van der Waals surface area contributed by atoms with Crippen molar-refractivity contribution in [3.05, 3.63) is 64.8 Å². The van der Waals surface area contributed by atoms with E-state index in [4.69, 9.17) is 4.52 Å². The lowest BCUT2D eigenvalue weighted by Gasteiger charge is -2.36. The van der Waals surface area contributed by atoms with E-state index >= 15 is 0 Å². The van der Waals surface area contributed by atoms with Gasteiger partial charge in [-0.05, 0) is 24.3 Å². The molecule has 2 aromatic heterocycles. The van der Waals surface area contributed by atoms with Gasteiger partial charge in [-0.3, -0.25) is 19.9 Å². The molecule has 1 aliphatic heterocycles. The van der Waals surface area contributed by atoms with Crippen LogP contribution in [0.2, 0.25) is 0 Å². The third-order valence-corrected chi connectivity index (χ3v) is 5.00. The number of benzene rings is 1. The Hall–Kier alpha value is -3.82. The highest BCUT2D eigenvalue weighted by Crippen LogP contribution is 2.21. The van der Waals surface area contributed by atoms with Crippen molar-refractivity contribution in [2.75, 3.05) is 31.1 Å². The van der Waals surface area contributed by atoms with Crippen LogP contribution >= 0.6 is 0 Å². The van der Waals surface area contributed by atoms with Gasteiger partial charge in [0.25, 0.3) is 5.69 Å². The highest BCUT2D eigenvalue weighted by Gasteiger charge is 2.22. The molecule has 1 saturated heterocycles. The average molecular weight is 408 g/mol. The lowest BCUT2D eigenvalue weighted by atomic mass is 10.2. The monoisotopic (exact) mass is 408 g/mol. The number of amides is 1. The van der Waals surface area contributed by atoms with E-state index in [9.17, 15) is 14.9 Å². The second-order valence-electron chi connectivity index (χ2n) is 6.89. The maximum absolute atomic E-state index is 12.5. The second-order valence-corrected chi connectivity index (χ2v) is 6.89. The van der Waals surface area contributed by atoms with Crippen molar-refractivity contribution in [2.24, 2.45) is 0 Å². The molecule has 3 aromatic rings. The van der Waals surface area contributed by atoms with E-state index in [1.54, 1.807) is 30.6 Å². The zero-order valence-corrected chi connectivity index (χ0v) is 16.2. The van der Waals surface area contributed by atoms with Crippen molar-refractivity contribution in [3.8, 4) is 11.4 Å². The van der Waals surface area contributed by atoms with Gasteiger partial charge in [0.15, 0.2) is 0 Å². The van der Waals surface area contributed by atoms with Gasteiger partial charge in [0.05, 0.1) is 4.92 Å². The first-order valence-corrected chi connectivity index (χ1v) is 9.60. The van der Waals surface area contributed by atoms with Crippen molar-refractivity contribution < 1.29 is 14.2 Å². The Bertz CT molecular complexity index is 1010. The smallest absolute Gasteiger partial charge is 0.269 e. The van der Waals surface area contributed by atoms with Crippen LogP contribution in [0, 0.1) is 10.1 Å². The molecule has 0 atom stereocenters. The van der Waals surface area contributed by atoms with Crippen molar-refractivity contribution in [3.63, 3.8) is 0 Å². The minimum Gasteiger partial charge on any atom is -0.368 e. The van der Waals surface area contributed by atoms with Crippen molar-refractivity contribution >= 4 is 17.3 Å². The van der Waals surface area contributed by atoms with Gasteiger partial charge in [-0.25, -0.2) is 0 Å². The fraction of sp³-hybridized carbons (Fsp3) is 0.300. The summed E-state index contributed by atoms with van der Waals surface area (Å²) in [7, 11) is 0. The molecule has 10 heteroatoms. The fourth-order valence-electron chi connectivity index (χ4n) is 3.34. The van der Waals surface area contributed by atoms with Crippen molar-refractivity contribution in [1.82, 2.24) is 20.0 Å². The summed E-state index contributed by atoms with van der Waals surface area (Å²) in [6.45, 7) is 2.55. The molecule has 10 nitrogen and oxygen atoms in total. The predicted molar refractivity (Wildman–Crippen MR) is 108 cm³/mol. The summed E-state index contributed by atoms with van der Waals surface area (Å²) in [5.74, 6) is 0.924. The zero-order valence-electron chi connectivity index (χ0n) is 16.2. The number of carbonyl (C=O) groups excluding carboxylic acids is 1. The second kappa shape index (κ2) is 8.68. The van der Waals surface area contributed by atoms with Crippen LogP contribution in [0.1, 0.15) is 12.3 Å². The van der Waals surface area contributed by atoms with Crippen LogP contribution in [-0.4, -0.2) is 57.0 Å². The first-order chi connectivity index (χ1) is 14.6. The van der Waals surface area contributed by atoms with Crippen molar-refractivity contribution in [1.29, 1.82) is 0 Å². The summed E-state index contributed by atoms with van der Waals surface area (Å²) in [5, 5.41) is 14.7. The molecule has 3 heterocycles. The molecule has 4 rings (SSSR count). The minimum atomic E-state index is -0.413. The van der Waals surface area contributed by atoms with E-state index in [-0.39, 0.29) is 11.6 Å². The number of non-ortho nitro benzene ring substituents is 1. The fourth-order valence-corrected chi connectivity index (χ4v) is 3.34. The van der Waals surface area contributed by atoms with Gasteiger partial charge >= 0.3 is 0 Å². The summed E-state index contributed by atoms with van der Waals surface area (Å²) in [5.41, 5.74) is 1.75. The molecule has 0 unspecified atom stereocenters. The van der Waals surface area contributed by atoms with Crippen LogP contribution in [0.25, 0.3) is 11.4 Å². The van der Waals surface area contributed by atoms with Gasteiger partial charge in [-0.2, -0.15) is 4.98 Å². The molecule has 30 heavy (non-hydrogen) atoms. The van der Waals surface area contributed by atoms with Gasteiger partial charge in [0.2, 0.25) is 17.6 Å². The van der Waals surface area contributed by atoms with E-state index in [2.05, 4.69) is 20.0 Å². The van der Waals surface area contributed by atoms with E-state index < -0.39 is 4.92 Å². The summed E-state index contributed by atoms with van der Waals surface area (Å²) in [4.78, 5) is 35.2. The van der Waals surface area contributed by atoms with Gasteiger partial charge in [0.1, 0.15) is 0 Å². The van der Waals surface area contributed by atoms with Gasteiger partial charge in [-0.15, -0.1) is 0 Å². The Kier molecular flexibility index (Phi) is 5.64. The third-order valence-electron chi connectivity index (χ3n) is 5.00. The first-order valence-electron chi connectivity index (χ1n) is 9.60. The Morgan fingerprint density at radius 3 is 2.57 bits per heavy atom. The number of nitrogens with zero attached hydrogens (tertiary/aromatic N) is 6. The number of piperazine rings is 1. The summed E-state index contributed by atoms with van der Waals surface area (Å²) < 4.78 is 5.24.